The minimum Gasteiger partial charge on any atom is -0.247 e. The van der Waals surface area contributed by atoms with Crippen molar-refractivity contribution in [3.63, 3.8) is 0 Å². The molecule has 24 heavy (non-hydrogen) atoms. The summed E-state index contributed by atoms with van der Waals surface area (Å²) in [6, 6.07) is 6.92. The van der Waals surface area contributed by atoms with Gasteiger partial charge in [-0.15, -0.1) is 6.42 Å². The number of allylic oxidation sites excluding steroid dienone is 6. The van der Waals surface area contributed by atoms with Crippen LogP contribution in [0.2, 0.25) is 0 Å². The lowest BCUT2D eigenvalue weighted by Crippen LogP contribution is -1.97. The van der Waals surface area contributed by atoms with Crippen LogP contribution in [0.15, 0.2) is 58.0 Å². The first-order chi connectivity index (χ1) is 11.4. The molecule has 0 unspecified atom stereocenters. The molecule has 4 heteroatoms. The minimum absolute atomic E-state index is 0.305. The van der Waals surface area contributed by atoms with Gasteiger partial charge in [-0.3, -0.25) is 0 Å². The monoisotopic (exact) mass is 344 g/mol. The van der Waals surface area contributed by atoms with Crippen LogP contribution in [0.4, 0.5) is 4.39 Å². The quantitative estimate of drug-likeness (QED) is 0.582. The summed E-state index contributed by atoms with van der Waals surface area (Å²) in [7, 11) is -3.21. The molecule has 1 aromatic carbocycles. The molecular weight excluding hydrogens is 323 g/mol. The Balaban J connectivity index is 2.53. The zero-order chi connectivity index (χ0) is 17.7. The van der Waals surface area contributed by atoms with E-state index in [1.807, 2.05) is 19.1 Å². The van der Waals surface area contributed by atoms with Crippen molar-refractivity contribution >= 4 is 15.4 Å². The molecular formula is C20H21FO2S. The van der Waals surface area contributed by atoms with E-state index in [1.54, 1.807) is 18.2 Å². The Morgan fingerprint density at radius 1 is 1.29 bits per heavy atom. The van der Waals surface area contributed by atoms with E-state index in [4.69, 9.17) is 6.42 Å². The second-order valence-electron chi connectivity index (χ2n) is 5.85. The molecule has 0 radical (unpaired) electrons. The van der Waals surface area contributed by atoms with Crippen molar-refractivity contribution in [3.05, 3.63) is 58.7 Å². The Labute approximate surface area is 143 Å². The number of hydrogen-bond acceptors (Lipinski definition) is 2. The van der Waals surface area contributed by atoms with Crippen molar-refractivity contribution in [2.45, 2.75) is 31.1 Å². The molecule has 1 aromatic rings. The SMILES string of the molecule is C#C/C(C)=C(\C=C/CF)C1=C(c2ccc(S(C)(=O)=O)cc2)CCC1. The predicted molar refractivity (Wildman–Crippen MR) is 97.0 cm³/mol. The van der Waals surface area contributed by atoms with Gasteiger partial charge in [-0.25, -0.2) is 12.8 Å². The predicted octanol–water partition coefficient (Wildman–Crippen LogP) is 4.50. The maximum atomic E-state index is 12.6. The lowest BCUT2D eigenvalue weighted by Gasteiger charge is -2.11. The maximum absolute atomic E-state index is 12.6. The molecule has 0 aliphatic heterocycles. The Kier molecular flexibility index (Phi) is 5.80. The second-order valence-corrected chi connectivity index (χ2v) is 7.86. The summed E-state index contributed by atoms with van der Waals surface area (Å²) in [5.41, 5.74) is 4.95. The molecule has 0 amide bonds. The van der Waals surface area contributed by atoms with Crippen LogP contribution in [0, 0.1) is 12.3 Å². The van der Waals surface area contributed by atoms with Gasteiger partial charge in [0.05, 0.1) is 4.90 Å². The van der Waals surface area contributed by atoms with Gasteiger partial charge in [-0.2, -0.15) is 0 Å². The van der Waals surface area contributed by atoms with Crippen molar-refractivity contribution in [1.82, 2.24) is 0 Å². The molecule has 126 valence electrons. The van der Waals surface area contributed by atoms with Crippen molar-refractivity contribution < 1.29 is 12.8 Å². The van der Waals surface area contributed by atoms with Gasteiger partial charge < -0.3 is 0 Å². The summed E-state index contributed by atoms with van der Waals surface area (Å²) in [6.07, 6.45) is 12.7. The molecule has 0 atom stereocenters. The maximum Gasteiger partial charge on any atom is 0.175 e. The molecule has 0 spiro atoms. The van der Waals surface area contributed by atoms with Crippen LogP contribution in [0.1, 0.15) is 31.7 Å². The van der Waals surface area contributed by atoms with Crippen LogP contribution in [-0.4, -0.2) is 21.3 Å². The van der Waals surface area contributed by atoms with Crippen molar-refractivity contribution in [2.75, 3.05) is 12.9 Å². The standard InChI is InChI=1S/C20H21FO2S/c1-4-15(2)18(9-6-14-21)20-8-5-7-19(20)16-10-12-17(13-11-16)24(3,22)23/h1,6,9-13H,5,7-8,14H2,2-3H3/b9-6-,18-15+. The Hall–Kier alpha value is -2.12. The minimum atomic E-state index is -3.21. The molecule has 1 aliphatic carbocycles. The van der Waals surface area contributed by atoms with E-state index >= 15 is 0 Å². The molecule has 0 aromatic heterocycles. The first kappa shape index (κ1) is 18.2. The van der Waals surface area contributed by atoms with Crippen LogP contribution in [0.5, 0.6) is 0 Å². The number of benzene rings is 1. The van der Waals surface area contributed by atoms with Gasteiger partial charge >= 0.3 is 0 Å². The third kappa shape index (κ3) is 4.04. The van der Waals surface area contributed by atoms with E-state index in [2.05, 4.69) is 5.92 Å². The van der Waals surface area contributed by atoms with Gasteiger partial charge in [0.1, 0.15) is 6.67 Å². The van der Waals surface area contributed by atoms with Crippen LogP contribution in [0.3, 0.4) is 0 Å². The molecule has 0 N–H and O–H groups in total. The van der Waals surface area contributed by atoms with E-state index in [1.165, 1.54) is 12.3 Å². The van der Waals surface area contributed by atoms with Gasteiger partial charge in [0.2, 0.25) is 0 Å². The van der Waals surface area contributed by atoms with Crippen molar-refractivity contribution in [3.8, 4) is 12.3 Å². The van der Waals surface area contributed by atoms with Crippen LogP contribution >= 0.6 is 0 Å². The summed E-state index contributed by atoms with van der Waals surface area (Å²) in [5, 5.41) is 0. The summed E-state index contributed by atoms with van der Waals surface area (Å²) in [4.78, 5) is 0.305. The van der Waals surface area contributed by atoms with Gasteiger partial charge in [0, 0.05) is 11.8 Å². The number of rotatable bonds is 5. The summed E-state index contributed by atoms with van der Waals surface area (Å²) >= 11 is 0. The molecule has 2 nitrogen and oxygen atoms in total. The zero-order valence-electron chi connectivity index (χ0n) is 14.0. The second kappa shape index (κ2) is 7.63. The highest BCUT2D eigenvalue weighted by molar-refractivity contribution is 7.90. The van der Waals surface area contributed by atoms with E-state index in [0.717, 1.165) is 47.1 Å². The van der Waals surface area contributed by atoms with E-state index in [9.17, 15) is 12.8 Å². The number of terminal acetylenes is 1. The molecule has 0 heterocycles. The third-order valence-electron chi connectivity index (χ3n) is 4.17. The fourth-order valence-electron chi connectivity index (χ4n) is 2.95. The topological polar surface area (TPSA) is 34.1 Å². The molecule has 2 rings (SSSR count). The van der Waals surface area contributed by atoms with Gasteiger partial charge in [0.25, 0.3) is 0 Å². The normalized spacial score (nSPS) is 16.4. The van der Waals surface area contributed by atoms with Gasteiger partial charge in [-0.05, 0) is 60.6 Å². The number of halogens is 1. The van der Waals surface area contributed by atoms with Gasteiger partial charge in [-0.1, -0.05) is 30.2 Å². The van der Waals surface area contributed by atoms with Crippen molar-refractivity contribution in [1.29, 1.82) is 0 Å². The fraction of sp³-hybridized carbons (Fsp3) is 0.300. The Bertz CT molecular complexity index is 848. The smallest absolute Gasteiger partial charge is 0.175 e. The highest BCUT2D eigenvalue weighted by Gasteiger charge is 2.20. The summed E-state index contributed by atoms with van der Waals surface area (Å²) in [5.74, 6) is 2.64. The average Bonchev–Trinajstić information content (AvgIpc) is 3.03. The fourth-order valence-corrected chi connectivity index (χ4v) is 3.59. The molecule has 0 fully saturated rings. The number of sulfone groups is 1. The lowest BCUT2D eigenvalue weighted by atomic mass is 9.94. The zero-order valence-corrected chi connectivity index (χ0v) is 14.8. The first-order valence-corrected chi connectivity index (χ1v) is 9.70. The first-order valence-electron chi connectivity index (χ1n) is 7.81. The average molecular weight is 344 g/mol. The highest BCUT2D eigenvalue weighted by Crippen LogP contribution is 2.39. The Morgan fingerprint density at radius 2 is 1.96 bits per heavy atom. The number of alkyl halides is 1. The summed E-state index contributed by atoms with van der Waals surface area (Å²) in [6.45, 7) is 1.32. The highest BCUT2D eigenvalue weighted by atomic mass is 32.2. The third-order valence-corrected chi connectivity index (χ3v) is 5.30. The van der Waals surface area contributed by atoms with Crippen LogP contribution in [-0.2, 0) is 9.84 Å². The Morgan fingerprint density at radius 3 is 2.50 bits per heavy atom. The lowest BCUT2D eigenvalue weighted by molar-refractivity contribution is 0.561. The molecule has 0 saturated heterocycles. The largest absolute Gasteiger partial charge is 0.247 e. The van der Waals surface area contributed by atoms with E-state index in [0.29, 0.717) is 4.90 Å². The van der Waals surface area contributed by atoms with Crippen molar-refractivity contribution in [2.24, 2.45) is 0 Å². The van der Waals surface area contributed by atoms with E-state index in [-0.39, 0.29) is 0 Å². The van der Waals surface area contributed by atoms with E-state index < -0.39 is 16.5 Å². The van der Waals surface area contributed by atoms with Crippen LogP contribution < -0.4 is 0 Å². The van der Waals surface area contributed by atoms with Gasteiger partial charge in [0.15, 0.2) is 9.84 Å². The molecule has 0 bridgehead atoms. The summed E-state index contributed by atoms with van der Waals surface area (Å²) < 4.78 is 35.7. The molecule has 0 saturated carbocycles. The van der Waals surface area contributed by atoms with Crippen LogP contribution in [0.25, 0.3) is 5.57 Å². The number of hydrogen-bond donors (Lipinski definition) is 0. The molecule has 1 aliphatic rings.